The van der Waals surface area contributed by atoms with E-state index >= 15 is 0 Å². The lowest BCUT2D eigenvalue weighted by molar-refractivity contribution is -0.138. The minimum atomic E-state index is -0.669. The molecule has 1 rings (SSSR count). The Bertz CT molecular complexity index is 585. The van der Waals surface area contributed by atoms with Gasteiger partial charge in [-0.3, -0.25) is 0 Å². The third-order valence-electron chi connectivity index (χ3n) is 2.59. The molecule has 0 spiro atoms. The number of methoxy groups -OCH3 is 1. The average Bonchev–Trinajstić information content (AvgIpc) is 2.96. The van der Waals surface area contributed by atoms with Gasteiger partial charge in [0.2, 0.25) is 11.6 Å². The van der Waals surface area contributed by atoms with Gasteiger partial charge in [0.1, 0.15) is 11.3 Å². The summed E-state index contributed by atoms with van der Waals surface area (Å²) in [6, 6.07) is 2.85. The van der Waals surface area contributed by atoms with Crippen LogP contribution < -0.4 is 0 Å². The second-order valence-corrected chi connectivity index (χ2v) is 4.22. The molecule has 1 aromatic rings. The van der Waals surface area contributed by atoms with Crippen LogP contribution in [0, 0.1) is 0 Å². The van der Waals surface area contributed by atoms with Crippen molar-refractivity contribution in [3.8, 4) is 0 Å². The van der Waals surface area contributed by atoms with Crippen molar-refractivity contribution >= 4 is 24.0 Å². The molecule has 0 saturated heterocycles. The van der Waals surface area contributed by atoms with Gasteiger partial charge in [0.15, 0.2) is 0 Å². The maximum absolute atomic E-state index is 11.8. The summed E-state index contributed by atoms with van der Waals surface area (Å²) in [6.07, 6.45) is 2.14. The highest BCUT2D eigenvalue weighted by atomic mass is 16.5. The zero-order valence-electron chi connectivity index (χ0n) is 12.8. The molecule has 0 fully saturated rings. The van der Waals surface area contributed by atoms with Crippen LogP contribution in [0.5, 0.6) is 0 Å². The van der Waals surface area contributed by atoms with Gasteiger partial charge in [0.05, 0.1) is 13.7 Å². The van der Waals surface area contributed by atoms with Crippen molar-refractivity contribution in [3.63, 3.8) is 0 Å². The Morgan fingerprint density at radius 1 is 1.36 bits per heavy atom. The summed E-state index contributed by atoms with van der Waals surface area (Å²) in [7, 11) is 1.23. The number of hydrogen-bond acceptors (Lipinski definition) is 7. The van der Waals surface area contributed by atoms with E-state index in [1.54, 1.807) is 6.92 Å². The molecule has 0 bridgehead atoms. The van der Waals surface area contributed by atoms with Crippen LogP contribution in [-0.2, 0) is 14.3 Å². The topological polar surface area (TPSA) is 98.3 Å². The minimum absolute atomic E-state index is 0.00547. The normalized spacial score (nSPS) is 12.1. The second-order valence-electron chi connectivity index (χ2n) is 4.22. The monoisotopic (exact) mass is 309 g/mol. The zero-order chi connectivity index (χ0) is 16.5. The lowest BCUT2D eigenvalue weighted by Gasteiger charge is -2.05. The molecular formula is C15H19NO6. The lowest BCUT2D eigenvalue weighted by Crippen LogP contribution is -2.11. The van der Waals surface area contributed by atoms with Gasteiger partial charge in [0.25, 0.3) is 0 Å². The van der Waals surface area contributed by atoms with Gasteiger partial charge in [-0.15, -0.1) is 0 Å². The smallest absolute Gasteiger partial charge is 0.374 e. The maximum atomic E-state index is 11.8. The fourth-order valence-electron chi connectivity index (χ4n) is 1.56. The third-order valence-corrected chi connectivity index (χ3v) is 2.59. The first-order chi connectivity index (χ1) is 10.5. The van der Waals surface area contributed by atoms with E-state index in [1.165, 1.54) is 19.2 Å². The van der Waals surface area contributed by atoms with Crippen LogP contribution in [0.1, 0.15) is 37.2 Å². The molecular weight excluding hydrogens is 290 g/mol. The molecule has 1 N–H and O–H groups in total. The quantitative estimate of drug-likeness (QED) is 0.360. The molecule has 22 heavy (non-hydrogen) atoms. The molecule has 7 heteroatoms. The molecule has 0 aliphatic carbocycles. The average molecular weight is 309 g/mol. The first-order valence-corrected chi connectivity index (χ1v) is 6.84. The Kier molecular flexibility index (Phi) is 6.88. The van der Waals surface area contributed by atoms with Crippen LogP contribution in [0.15, 0.2) is 32.9 Å². The summed E-state index contributed by atoms with van der Waals surface area (Å²) in [4.78, 5) is 27.0. The van der Waals surface area contributed by atoms with E-state index < -0.39 is 11.9 Å². The highest BCUT2D eigenvalue weighted by molar-refractivity contribution is 6.10. The molecule has 0 unspecified atom stereocenters. The molecule has 0 aliphatic rings. The molecule has 0 aromatic carbocycles. The standard InChI is InChI=1S/C15H19NO6/c1-4-6-11(17)10(14(18)21-5-2)9-16-13-8-7-12(22-13)15(19)20-3/h7-9,17H,4-6H2,1-3H3/b11-10+,16-9+. The number of carbonyl (C=O) groups excluding carboxylic acids is 2. The lowest BCUT2D eigenvalue weighted by atomic mass is 10.2. The number of allylic oxidation sites excluding steroid dienone is 1. The van der Waals surface area contributed by atoms with Crippen LogP contribution in [0.3, 0.4) is 0 Å². The van der Waals surface area contributed by atoms with Gasteiger partial charge < -0.3 is 19.0 Å². The summed E-state index contributed by atoms with van der Waals surface area (Å²) >= 11 is 0. The number of ether oxygens (including phenoxy) is 2. The first-order valence-electron chi connectivity index (χ1n) is 6.84. The predicted molar refractivity (Wildman–Crippen MR) is 79.4 cm³/mol. The number of furan rings is 1. The number of esters is 2. The summed E-state index contributed by atoms with van der Waals surface area (Å²) in [5.74, 6) is -1.31. The predicted octanol–water partition coefficient (Wildman–Crippen LogP) is 2.94. The van der Waals surface area contributed by atoms with E-state index in [9.17, 15) is 14.7 Å². The fourth-order valence-corrected chi connectivity index (χ4v) is 1.56. The van der Waals surface area contributed by atoms with Crippen LogP contribution >= 0.6 is 0 Å². The Morgan fingerprint density at radius 3 is 2.68 bits per heavy atom. The number of hydrogen-bond donors (Lipinski definition) is 1. The van der Waals surface area contributed by atoms with Gasteiger partial charge in [-0.1, -0.05) is 6.92 Å². The zero-order valence-corrected chi connectivity index (χ0v) is 12.8. The number of nitrogens with zero attached hydrogens (tertiary/aromatic N) is 1. The molecule has 120 valence electrons. The summed E-state index contributed by atoms with van der Waals surface area (Å²) in [5.41, 5.74) is -0.0419. The van der Waals surface area contributed by atoms with Crippen molar-refractivity contribution in [2.24, 2.45) is 4.99 Å². The molecule has 0 amide bonds. The first kappa shape index (κ1) is 17.5. The number of aliphatic hydroxyl groups excluding tert-OH is 1. The number of aliphatic imine (C=N–C) groups is 1. The maximum Gasteiger partial charge on any atom is 0.374 e. The van der Waals surface area contributed by atoms with Crippen LogP contribution in [-0.4, -0.2) is 37.0 Å². The van der Waals surface area contributed by atoms with Crippen molar-refractivity contribution in [2.45, 2.75) is 26.7 Å². The van der Waals surface area contributed by atoms with Crippen molar-refractivity contribution in [1.29, 1.82) is 0 Å². The highest BCUT2D eigenvalue weighted by Crippen LogP contribution is 2.18. The van der Waals surface area contributed by atoms with E-state index in [0.29, 0.717) is 12.8 Å². The molecule has 1 heterocycles. The van der Waals surface area contributed by atoms with Crippen LogP contribution in [0.2, 0.25) is 0 Å². The van der Waals surface area contributed by atoms with E-state index in [4.69, 9.17) is 9.15 Å². The summed E-state index contributed by atoms with van der Waals surface area (Å²) < 4.78 is 14.5. The fraction of sp³-hybridized carbons (Fsp3) is 0.400. The highest BCUT2D eigenvalue weighted by Gasteiger charge is 2.15. The van der Waals surface area contributed by atoms with Crippen LogP contribution in [0.4, 0.5) is 5.88 Å². The number of carbonyl (C=O) groups is 2. The number of rotatable bonds is 7. The molecule has 0 atom stereocenters. The minimum Gasteiger partial charge on any atom is -0.511 e. The van der Waals surface area contributed by atoms with Crippen LogP contribution in [0.25, 0.3) is 0 Å². The van der Waals surface area contributed by atoms with E-state index in [-0.39, 0.29) is 29.6 Å². The Morgan fingerprint density at radius 2 is 2.09 bits per heavy atom. The van der Waals surface area contributed by atoms with Crippen molar-refractivity contribution in [1.82, 2.24) is 0 Å². The van der Waals surface area contributed by atoms with E-state index in [0.717, 1.165) is 6.21 Å². The number of aliphatic hydroxyl groups is 1. The largest absolute Gasteiger partial charge is 0.511 e. The van der Waals surface area contributed by atoms with Crippen molar-refractivity contribution in [3.05, 3.63) is 29.2 Å². The van der Waals surface area contributed by atoms with Gasteiger partial charge in [-0.2, -0.15) is 0 Å². The van der Waals surface area contributed by atoms with Crippen molar-refractivity contribution in [2.75, 3.05) is 13.7 Å². The molecule has 0 saturated carbocycles. The SMILES string of the molecule is CCC/C(O)=C(/C=N/c1ccc(C(=O)OC)o1)C(=O)OCC. The molecule has 0 aliphatic heterocycles. The van der Waals surface area contributed by atoms with Crippen molar-refractivity contribution < 1.29 is 28.6 Å². The Balaban J connectivity index is 2.98. The molecule has 0 radical (unpaired) electrons. The second kappa shape index (κ2) is 8.66. The molecule has 1 aromatic heterocycles. The van der Waals surface area contributed by atoms with Gasteiger partial charge in [-0.05, 0) is 19.4 Å². The molecule has 7 nitrogen and oxygen atoms in total. The summed E-state index contributed by atoms with van der Waals surface area (Å²) in [5, 5.41) is 9.90. The summed E-state index contributed by atoms with van der Waals surface area (Å²) in [6.45, 7) is 3.72. The van der Waals surface area contributed by atoms with Gasteiger partial charge in [-0.25, -0.2) is 14.6 Å². The third kappa shape index (κ3) is 4.76. The van der Waals surface area contributed by atoms with Gasteiger partial charge >= 0.3 is 11.9 Å². The Hall–Kier alpha value is -2.57. The van der Waals surface area contributed by atoms with E-state index in [2.05, 4.69) is 9.73 Å². The van der Waals surface area contributed by atoms with Gasteiger partial charge in [0, 0.05) is 18.7 Å². The Labute approximate surface area is 128 Å². The van der Waals surface area contributed by atoms with E-state index in [1.807, 2.05) is 6.92 Å².